The number of hydrogen-bond donors (Lipinski definition) is 3. The summed E-state index contributed by atoms with van der Waals surface area (Å²) >= 11 is 1.73. The Labute approximate surface area is 100 Å². The number of rotatable bonds is 7. The minimum atomic E-state index is -0.192. The van der Waals surface area contributed by atoms with Crippen LogP contribution in [0.1, 0.15) is 6.42 Å². The van der Waals surface area contributed by atoms with Crippen molar-refractivity contribution >= 4 is 17.7 Å². The van der Waals surface area contributed by atoms with Crippen LogP contribution in [0.4, 0.5) is 0 Å². The summed E-state index contributed by atoms with van der Waals surface area (Å²) < 4.78 is 5.13. The van der Waals surface area contributed by atoms with Crippen molar-refractivity contribution in [2.24, 2.45) is 11.7 Å². The molecule has 94 valence electrons. The van der Waals surface area contributed by atoms with Gasteiger partial charge in [0.1, 0.15) is 0 Å². The lowest BCUT2D eigenvalue weighted by molar-refractivity contribution is -0.125. The normalized spacial score (nSPS) is 24.6. The molecule has 0 aromatic heterocycles. The molecule has 0 spiro atoms. The first-order chi connectivity index (χ1) is 7.75. The van der Waals surface area contributed by atoms with E-state index in [1.165, 1.54) is 0 Å². The molecule has 1 aliphatic heterocycles. The number of nitrogens with two attached hydrogens (primary N) is 1. The van der Waals surface area contributed by atoms with Crippen LogP contribution in [0.25, 0.3) is 0 Å². The molecular formula is C10H20N2O3S. The molecule has 2 unspecified atom stereocenters. The standard InChI is InChI=1S/C10H20N2O3S/c11-9-7-15-6-8(9)10(14)12-2-5-16-4-1-3-13/h8-9,13H,1-7,11H2,(H,12,14). The van der Waals surface area contributed by atoms with Gasteiger partial charge in [-0.15, -0.1) is 0 Å². The van der Waals surface area contributed by atoms with E-state index in [1.54, 1.807) is 11.8 Å². The van der Waals surface area contributed by atoms with Gasteiger partial charge in [0, 0.05) is 24.9 Å². The third-order valence-electron chi connectivity index (χ3n) is 2.45. The van der Waals surface area contributed by atoms with Crippen molar-refractivity contribution in [1.29, 1.82) is 0 Å². The number of carbonyl (C=O) groups is 1. The number of carbonyl (C=O) groups excluding carboxylic acids is 1. The third kappa shape index (κ3) is 4.69. The average molecular weight is 248 g/mol. The SMILES string of the molecule is NC1COCC1C(=O)NCCSCCCO. The van der Waals surface area contributed by atoms with Crippen LogP contribution in [0.2, 0.25) is 0 Å². The molecule has 0 aromatic rings. The molecule has 16 heavy (non-hydrogen) atoms. The van der Waals surface area contributed by atoms with Gasteiger partial charge in [0.2, 0.25) is 5.91 Å². The number of aliphatic hydroxyl groups excluding tert-OH is 1. The molecule has 1 saturated heterocycles. The number of aliphatic hydroxyl groups is 1. The Kier molecular flexibility index (Phi) is 6.79. The minimum Gasteiger partial charge on any atom is -0.396 e. The maximum absolute atomic E-state index is 11.6. The first-order valence-corrected chi connectivity index (χ1v) is 6.71. The monoisotopic (exact) mass is 248 g/mol. The van der Waals surface area contributed by atoms with Crippen molar-refractivity contribution in [1.82, 2.24) is 5.32 Å². The van der Waals surface area contributed by atoms with Gasteiger partial charge >= 0.3 is 0 Å². The Morgan fingerprint density at radius 3 is 2.94 bits per heavy atom. The highest BCUT2D eigenvalue weighted by Crippen LogP contribution is 2.11. The van der Waals surface area contributed by atoms with Crippen LogP contribution < -0.4 is 11.1 Å². The van der Waals surface area contributed by atoms with Gasteiger partial charge in [-0.3, -0.25) is 4.79 Å². The zero-order valence-corrected chi connectivity index (χ0v) is 10.2. The molecule has 1 heterocycles. The van der Waals surface area contributed by atoms with Crippen molar-refractivity contribution in [3.8, 4) is 0 Å². The van der Waals surface area contributed by atoms with E-state index in [1.807, 2.05) is 0 Å². The second-order valence-corrected chi connectivity index (χ2v) is 5.01. The summed E-state index contributed by atoms with van der Waals surface area (Å²) in [5, 5.41) is 11.4. The quantitative estimate of drug-likeness (QED) is 0.513. The lowest BCUT2D eigenvalue weighted by Gasteiger charge is -2.12. The highest BCUT2D eigenvalue weighted by atomic mass is 32.2. The molecule has 5 nitrogen and oxygen atoms in total. The molecule has 0 radical (unpaired) electrons. The van der Waals surface area contributed by atoms with Gasteiger partial charge in [-0.2, -0.15) is 11.8 Å². The van der Waals surface area contributed by atoms with E-state index < -0.39 is 0 Å². The third-order valence-corrected chi connectivity index (χ3v) is 3.52. The van der Waals surface area contributed by atoms with Gasteiger partial charge in [-0.05, 0) is 12.2 Å². The maximum Gasteiger partial charge on any atom is 0.227 e. The summed E-state index contributed by atoms with van der Waals surface area (Å²) in [6.07, 6.45) is 0.806. The van der Waals surface area contributed by atoms with Crippen LogP contribution in [0.5, 0.6) is 0 Å². The summed E-state index contributed by atoms with van der Waals surface area (Å²) in [5.74, 6) is 1.60. The summed E-state index contributed by atoms with van der Waals surface area (Å²) in [5.41, 5.74) is 5.73. The van der Waals surface area contributed by atoms with Gasteiger partial charge in [0.05, 0.1) is 19.1 Å². The molecule has 2 atom stereocenters. The van der Waals surface area contributed by atoms with E-state index in [0.717, 1.165) is 17.9 Å². The molecular weight excluding hydrogens is 228 g/mol. The summed E-state index contributed by atoms with van der Waals surface area (Å²) in [4.78, 5) is 11.6. The largest absolute Gasteiger partial charge is 0.396 e. The van der Waals surface area contributed by atoms with Crippen molar-refractivity contribution in [2.45, 2.75) is 12.5 Å². The second kappa shape index (κ2) is 7.89. The van der Waals surface area contributed by atoms with Crippen LogP contribution in [0, 0.1) is 5.92 Å². The summed E-state index contributed by atoms with van der Waals surface area (Å²) in [6, 6.07) is -0.165. The van der Waals surface area contributed by atoms with E-state index in [9.17, 15) is 4.79 Å². The van der Waals surface area contributed by atoms with Crippen LogP contribution in [-0.2, 0) is 9.53 Å². The van der Waals surface area contributed by atoms with Crippen LogP contribution in [0.3, 0.4) is 0 Å². The van der Waals surface area contributed by atoms with E-state index in [2.05, 4.69) is 5.32 Å². The molecule has 1 rings (SSSR count). The van der Waals surface area contributed by atoms with Crippen LogP contribution >= 0.6 is 11.8 Å². The van der Waals surface area contributed by atoms with Gasteiger partial charge in [-0.25, -0.2) is 0 Å². The van der Waals surface area contributed by atoms with Crippen molar-refractivity contribution in [2.75, 3.05) is 37.9 Å². The average Bonchev–Trinajstić information content (AvgIpc) is 2.69. The fraction of sp³-hybridized carbons (Fsp3) is 0.900. The number of nitrogens with one attached hydrogen (secondary N) is 1. The van der Waals surface area contributed by atoms with E-state index in [-0.39, 0.29) is 24.5 Å². The Bertz CT molecular complexity index is 216. The predicted octanol–water partition coefficient (Wildman–Crippen LogP) is -0.808. The smallest absolute Gasteiger partial charge is 0.227 e. The van der Waals surface area contributed by atoms with Gasteiger partial charge in [0.15, 0.2) is 0 Å². The van der Waals surface area contributed by atoms with Gasteiger partial charge in [-0.1, -0.05) is 0 Å². The first-order valence-electron chi connectivity index (χ1n) is 5.55. The maximum atomic E-state index is 11.6. The Balaban J connectivity index is 2.02. The number of ether oxygens (including phenoxy) is 1. The lowest BCUT2D eigenvalue weighted by atomic mass is 10.0. The van der Waals surface area contributed by atoms with Crippen LogP contribution in [0.15, 0.2) is 0 Å². The number of hydrogen-bond acceptors (Lipinski definition) is 5. The second-order valence-electron chi connectivity index (χ2n) is 3.79. The predicted molar refractivity (Wildman–Crippen MR) is 64.3 cm³/mol. The number of thioether (sulfide) groups is 1. The van der Waals surface area contributed by atoms with Crippen molar-refractivity contribution < 1.29 is 14.6 Å². The summed E-state index contributed by atoms with van der Waals surface area (Å²) in [7, 11) is 0. The fourth-order valence-corrected chi connectivity index (χ4v) is 2.27. The molecule has 0 aromatic carbocycles. The topological polar surface area (TPSA) is 84.6 Å². The molecule has 0 aliphatic carbocycles. The fourth-order valence-electron chi connectivity index (χ4n) is 1.49. The van der Waals surface area contributed by atoms with Gasteiger partial charge < -0.3 is 20.9 Å². The van der Waals surface area contributed by atoms with Crippen LogP contribution in [-0.4, -0.2) is 54.9 Å². The van der Waals surface area contributed by atoms with Crippen molar-refractivity contribution in [3.63, 3.8) is 0 Å². The zero-order valence-electron chi connectivity index (χ0n) is 9.35. The van der Waals surface area contributed by atoms with E-state index >= 15 is 0 Å². The molecule has 1 fully saturated rings. The first kappa shape index (κ1) is 13.8. The zero-order chi connectivity index (χ0) is 11.8. The molecule has 1 aliphatic rings. The van der Waals surface area contributed by atoms with E-state index in [4.69, 9.17) is 15.6 Å². The highest BCUT2D eigenvalue weighted by Gasteiger charge is 2.30. The molecule has 4 N–H and O–H groups in total. The highest BCUT2D eigenvalue weighted by molar-refractivity contribution is 7.99. The summed E-state index contributed by atoms with van der Waals surface area (Å²) in [6.45, 7) is 1.79. The number of amides is 1. The molecule has 0 saturated carbocycles. The van der Waals surface area contributed by atoms with Crippen molar-refractivity contribution in [3.05, 3.63) is 0 Å². The van der Waals surface area contributed by atoms with Gasteiger partial charge in [0.25, 0.3) is 0 Å². The molecule has 6 heteroatoms. The lowest BCUT2D eigenvalue weighted by Crippen LogP contribution is -2.41. The Morgan fingerprint density at radius 2 is 2.31 bits per heavy atom. The Morgan fingerprint density at radius 1 is 1.50 bits per heavy atom. The minimum absolute atomic E-state index is 0.00671. The van der Waals surface area contributed by atoms with E-state index in [0.29, 0.717) is 19.8 Å². The molecule has 0 bridgehead atoms. The molecule has 1 amide bonds. The Hall–Kier alpha value is -0.300.